The molecule has 0 radical (unpaired) electrons. The van der Waals surface area contributed by atoms with Crippen molar-refractivity contribution >= 4 is 5.78 Å². The predicted octanol–water partition coefficient (Wildman–Crippen LogP) is 1.95. The van der Waals surface area contributed by atoms with Crippen molar-refractivity contribution in [1.29, 1.82) is 0 Å². The molecule has 0 saturated carbocycles. The molecule has 0 aliphatic carbocycles. The lowest BCUT2D eigenvalue weighted by Crippen LogP contribution is -2.19. The molecule has 1 nitrogen and oxygen atoms in total. The molecule has 0 fully saturated rings. The number of hydrogen-bond acceptors (Lipinski definition) is 1. The smallest absolute Gasteiger partial charge is 0.215 e. The van der Waals surface area contributed by atoms with Crippen molar-refractivity contribution in [3.05, 3.63) is 17.9 Å². The normalized spacial score (nSPS) is 9.27. The Bertz CT molecular complexity index is 245. The number of carbonyl (C=O) groups excluding carboxylic acids is 1. The van der Waals surface area contributed by atoms with Gasteiger partial charge in [0.25, 0.3) is 0 Å². The lowest BCUT2D eigenvalue weighted by molar-refractivity contribution is -0.119. The molecule has 0 spiro atoms. The summed E-state index contributed by atoms with van der Waals surface area (Å²) in [6, 6.07) is 0. The summed E-state index contributed by atoms with van der Waals surface area (Å²) >= 11 is 0. The molecule has 1 heteroatoms. The van der Waals surface area contributed by atoms with E-state index in [2.05, 4.69) is 11.7 Å². The summed E-state index contributed by atoms with van der Waals surface area (Å²) in [5.41, 5.74) is 2.26. The van der Waals surface area contributed by atoms with Gasteiger partial charge in [-0.05, 0) is 38.8 Å². The van der Waals surface area contributed by atoms with E-state index in [1.165, 1.54) is 0 Å². The van der Waals surface area contributed by atoms with E-state index in [0.717, 1.165) is 0 Å². The molecule has 0 aromatic carbocycles. The van der Waals surface area contributed by atoms with Gasteiger partial charge in [0.2, 0.25) is 5.78 Å². The monoisotopic (exact) mass is 148 g/mol. The maximum absolute atomic E-state index is 11.0. The summed E-state index contributed by atoms with van der Waals surface area (Å²) < 4.78 is 0. The fourth-order valence-corrected chi connectivity index (χ4v) is 0.543. The molecular weight excluding hydrogens is 136 g/mol. The third-order valence-corrected chi connectivity index (χ3v) is 1.33. The third-order valence-electron chi connectivity index (χ3n) is 1.33. The molecule has 0 rings (SSSR count). The number of ketones is 1. The van der Waals surface area contributed by atoms with Gasteiger partial charge in [0.15, 0.2) is 0 Å². The van der Waals surface area contributed by atoms with Crippen LogP contribution < -0.4 is 0 Å². The number of carbonyl (C=O) groups is 1. The lowest BCUT2D eigenvalue weighted by atomic mass is 9.88. The SMILES string of the molecule is C#CC(=O)C(C)(C)C=C=CC. The number of hydrogen-bond donors (Lipinski definition) is 0. The highest BCUT2D eigenvalue weighted by molar-refractivity contribution is 6.00. The molecule has 0 N–H and O–H groups in total. The van der Waals surface area contributed by atoms with Gasteiger partial charge in [0.1, 0.15) is 0 Å². The van der Waals surface area contributed by atoms with E-state index in [9.17, 15) is 4.79 Å². The second-order valence-electron chi connectivity index (χ2n) is 2.79. The number of terminal acetylenes is 1. The van der Waals surface area contributed by atoms with Gasteiger partial charge in [-0.2, -0.15) is 0 Å². The van der Waals surface area contributed by atoms with Crippen molar-refractivity contribution in [3.8, 4) is 12.3 Å². The highest BCUT2D eigenvalue weighted by Crippen LogP contribution is 2.16. The molecule has 0 atom stereocenters. The van der Waals surface area contributed by atoms with Crippen LogP contribution >= 0.6 is 0 Å². The zero-order chi connectivity index (χ0) is 8.91. The Balaban J connectivity index is 4.63. The predicted molar refractivity (Wildman–Crippen MR) is 45.9 cm³/mol. The summed E-state index contributed by atoms with van der Waals surface area (Å²) in [5, 5.41) is 0. The van der Waals surface area contributed by atoms with E-state index in [4.69, 9.17) is 6.42 Å². The first-order chi connectivity index (χ1) is 5.04. The van der Waals surface area contributed by atoms with Crippen LogP contribution in [0.4, 0.5) is 0 Å². The third kappa shape index (κ3) is 2.89. The summed E-state index contributed by atoms with van der Waals surface area (Å²) in [5.74, 6) is 1.87. The second kappa shape index (κ2) is 3.81. The maximum atomic E-state index is 11.0. The van der Waals surface area contributed by atoms with Crippen molar-refractivity contribution in [2.75, 3.05) is 0 Å². The Kier molecular flexibility index (Phi) is 3.37. The zero-order valence-corrected chi connectivity index (χ0v) is 7.14. The molecule has 58 valence electrons. The molecule has 0 aromatic heterocycles. The molecule has 0 aromatic rings. The Hall–Kier alpha value is -1.25. The summed E-state index contributed by atoms with van der Waals surface area (Å²) in [6.07, 6.45) is 8.39. The topological polar surface area (TPSA) is 17.1 Å². The largest absolute Gasteiger partial charge is 0.284 e. The molecule has 0 bridgehead atoms. The molecule has 11 heavy (non-hydrogen) atoms. The minimum Gasteiger partial charge on any atom is -0.284 e. The van der Waals surface area contributed by atoms with E-state index in [-0.39, 0.29) is 5.78 Å². The van der Waals surface area contributed by atoms with Crippen LogP contribution in [0.5, 0.6) is 0 Å². The lowest BCUT2D eigenvalue weighted by Gasteiger charge is -2.11. The van der Waals surface area contributed by atoms with Gasteiger partial charge in [-0.15, -0.1) is 12.2 Å². The van der Waals surface area contributed by atoms with Crippen molar-refractivity contribution in [2.45, 2.75) is 20.8 Å². The van der Waals surface area contributed by atoms with E-state index in [0.29, 0.717) is 0 Å². The Morgan fingerprint density at radius 2 is 2.09 bits per heavy atom. The summed E-state index contributed by atoms with van der Waals surface area (Å²) in [4.78, 5) is 11.0. The molecule has 0 saturated heterocycles. The Morgan fingerprint density at radius 3 is 2.45 bits per heavy atom. The highest BCUT2D eigenvalue weighted by atomic mass is 16.1. The Morgan fingerprint density at radius 1 is 1.55 bits per heavy atom. The van der Waals surface area contributed by atoms with E-state index in [1.54, 1.807) is 26.0 Å². The van der Waals surface area contributed by atoms with E-state index < -0.39 is 5.41 Å². The van der Waals surface area contributed by atoms with Gasteiger partial charge in [0.05, 0.1) is 5.41 Å². The minimum absolute atomic E-state index is 0.216. The average molecular weight is 148 g/mol. The van der Waals surface area contributed by atoms with Crippen LogP contribution in [-0.4, -0.2) is 5.78 Å². The summed E-state index contributed by atoms with van der Waals surface area (Å²) in [7, 11) is 0. The van der Waals surface area contributed by atoms with Crippen molar-refractivity contribution in [2.24, 2.45) is 5.41 Å². The van der Waals surface area contributed by atoms with Crippen molar-refractivity contribution < 1.29 is 4.79 Å². The molecule has 0 aliphatic rings. The van der Waals surface area contributed by atoms with Gasteiger partial charge in [-0.3, -0.25) is 4.79 Å². The van der Waals surface area contributed by atoms with Crippen LogP contribution in [0.3, 0.4) is 0 Å². The molecule has 0 amide bonds. The van der Waals surface area contributed by atoms with Crippen molar-refractivity contribution in [3.63, 3.8) is 0 Å². The van der Waals surface area contributed by atoms with Crippen LogP contribution in [0.15, 0.2) is 17.9 Å². The van der Waals surface area contributed by atoms with Gasteiger partial charge < -0.3 is 0 Å². The summed E-state index contributed by atoms with van der Waals surface area (Å²) in [6.45, 7) is 5.38. The standard InChI is InChI=1S/C10H12O/c1-5-7-8-10(3,4)9(11)6-2/h2,5,8H,1,3-4H3. The van der Waals surface area contributed by atoms with Gasteiger partial charge in [-0.1, -0.05) is 0 Å². The van der Waals surface area contributed by atoms with Crippen LogP contribution in [0.1, 0.15) is 20.8 Å². The van der Waals surface area contributed by atoms with Crippen LogP contribution in [-0.2, 0) is 4.79 Å². The zero-order valence-electron chi connectivity index (χ0n) is 7.14. The average Bonchev–Trinajstić information content (AvgIpc) is 1.99. The molecule has 0 unspecified atom stereocenters. The van der Waals surface area contributed by atoms with Crippen molar-refractivity contribution in [1.82, 2.24) is 0 Å². The Labute approximate surface area is 67.8 Å². The number of allylic oxidation sites excluding steroid dienone is 1. The second-order valence-corrected chi connectivity index (χ2v) is 2.79. The fourth-order valence-electron chi connectivity index (χ4n) is 0.543. The van der Waals surface area contributed by atoms with Crippen LogP contribution in [0.25, 0.3) is 0 Å². The first-order valence-electron chi connectivity index (χ1n) is 3.44. The first kappa shape index (κ1) is 9.75. The van der Waals surface area contributed by atoms with Gasteiger partial charge in [0, 0.05) is 0 Å². The maximum Gasteiger partial charge on any atom is 0.215 e. The molecule has 0 heterocycles. The number of Topliss-reactive ketones (excluding diaryl/α,β-unsaturated/α-hetero) is 1. The molecule has 0 aliphatic heterocycles. The van der Waals surface area contributed by atoms with Crippen LogP contribution in [0, 0.1) is 17.8 Å². The van der Waals surface area contributed by atoms with E-state index >= 15 is 0 Å². The fraction of sp³-hybridized carbons (Fsp3) is 0.400. The number of rotatable bonds is 2. The quantitative estimate of drug-likeness (QED) is 0.332. The first-order valence-corrected chi connectivity index (χ1v) is 3.44. The van der Waals surface area contributed by atoms with Gasteiger partial charge in [-0.25, -0.2) is 0 Å². The van der Waals surface area contributed by atoms with Gasteiger partial charge >= 0.3 is 0 Å². The van der Waals surface area contributed by atoms with E-state index in [1.807, 2.05) is 6.92 Å². The highest BCUT2D eigenvalue weighted by Gasteiger charge is 2.21. The molecular formula is C10H12O. The minimum atomic E-state index is -0.582. The van der Waals surface area contributed by atoms with Crippen LogP contribution in [0.2, 0.25) is 0 Å².